The Labute approximate surface area is 173 Å². The molecule has 8 heteroatoms. The number of amides is 2. The van der Waals surface area contributed by atoms with Crippen LogP contribution in [-0.4, -0.2) is 94.8 Å². The molecule has 0 N–H and O–H groups in total. The molecule has 0 radical (unpaired) electrons. The molecule has 162 valence electrons. The summed E-state index contributed by atoms with van der Waals surface area (Å²) in [6, 6.07) is 2.72. The summed E-state index contributed by atoms with van der Waals surface area (Å²) in [4.78, 5) is 30.8. The van der Waals surface area contributed by atoms with E-state index < -0.39 is 0 Å². The van der Waals surface area contributed by atoms with Gasteiger partial charge in [-0.2, -0.15) is 5.10 Å². The highest BCUT2D eigenvalue weighted by Gasteiger charge is 2.32. The van der Waals surface area contributed by atoms with Gasteiger partial charge in [-0.3, -0.25) is 19.2 Å². The van der Waals surface area contributed by atoms with Crippen LogP contribution in [-0.2, 0) is 20.9 Å². The summed E-state index contributed by atoms with van der Waals surface area (Å²) < 4.78 is 7.25. The molecule has 3 rings (SSSR count). The van der Waals surface area contributed by atoms with E-state index in [1.54, 1.807) is 16.5 Å². The summed E-state index contributed by atoms with van der Waals surface area (Å²) in [6.07, 6.45) is 6.01. The number of aryl methyl sites for hydroxylation is 1. The Bertz CT molecular complexity index is 686. The Morgan fingerprint density at radius 3 is 2.62 bits per heavy atom. The molecule has 2 saturated heterocycles. The monoisotopic (exact) mass is 405 g/mol. The van der Waals surface area contributed by atoms with E-state index in [0.717, 1.165) is 64.2 Å². The Morgan fingerprint density at radius 1 is 1.21 bits per heavy atom. The van der Waals surface area contributed by atoms with Crippen LogP contribution in [0, 0.1) is 6.92 Å². The van der Waals surface area contributed by atoms with Crippen LogP contribution in [0.25, 0.3) is 0 Å². The Balaban J connectivity index is 1.60. The number of rotatable bonds is 7. The fourth-order valence-electron chi connectivity index (χ4n) is 4.39. The van der Waals surface area contributed by atoms with Crippen molar-refractivity contribution in [1.82, 2.24) is 24.5 Å². The highest BCUT2D eigenvalue weighted by atomic mass is 16.5. The zero-order valence-electron chi connectivity index (χ0n) is 18.0. The molecular weight excluding hydrogens is 370 g/mol. The van der Waals surface area contributed by atoms with Crippen molar-refractivity contribution in [2.24, 2.45) is 0 Å². The Hall–Kier alpha value is -1.93. The molecule has 3 heterocycles. The minimum absolute atomic E-state index is 0.0639. The lowest BCUT2D eigenvalue weighted by Crippen LogP contribution is -2.55. The van der Waals surface area contributed by atoms with Gasteiger partial charge in [-0.25, -0.2) is 0 Å². The van der Waals surface area contributed by atoms with E-state index in [2.05, 4.69) is 10.00 Å². The number of nitrogens with zero attached hydrogens (tertiary/aromatic N) is 5. The van der Waals surface area contributed by atoms with Gasteiger partial charge < -0.3 is 14.5 Å². The molecule has 2 fully saturated rings. The summed E-state index contributed by atoms with van der Waals surface area (Å²) in [5.41, 5.74) is 0.915. The number of hydrogen-bond donors (Lipinski definition) is 0. The summed E-state index contributed by atoms with van der Waals surface area (Å²) in [5.74, 6) is 0.220. The van der Waals surface area contributed by atoms with Crippen molar-refractivity contribution in [3.05, 3.63) is 18.0 Å². The van der Waals surface area contributed by atoms with Crippen LogP contribution in [0.1, 0.15) is 38.3 Å². The number of carbonyl (C=O) groups excluding carboxylic acids is 2. The molecule has 0 bridgehead atoms. The molecule has 0 saturated carbocycles. The average molecular weight is 406 g/mol. The summed E-state index contributed by atoms with van der Waals surface area (Å²) in [5, 5.41) is 4.31. The van der Waals surface area contributed by atoms with E-state index in [1.165, 1.54) is 0 Å². The zero-order chi connectivity index (χ0) is 20.8. The molecule has 2 amide bonds. The van der Waals surface area contributed by atoms with Crippen molar-refractivity contribution < 1.29 is 14.3 Å². The summed E-state index contributed by atoms with van der Waals surface area (Å²) >= 11 is 0. The number of aromatic nitrogens is 2. The highest BCUT2D eigenvalue weighted by molar-refractivity contribution is 5.75. The minimum atomic E-state index is 0.0639. The fourth-order valence-corrected chi connectivity index (χ4v) is 4.39. The molecule has 0 aromatic carbocycles. The van der Waals surface area contributed by atoms with Crippen LogP contribution in [0.15, 0.2) is 12.3 Å². The first-order valence-electron chi connectivity index (χ1n) is 10.8. The van der Waals surface area contributed by atoms with E-state index >= 15 is 0 Å². The lowest BCUT2D eigenvalue weighted by atomic mass is 9.98. The Morgan fingerprint density at radius 2 is 1.97 bits per heavy atom. The lowest BCUT2D eigenvalue weighted by Gasteiger charge is -2.44. The molecule has 1 unspecified atom stereocenters. The second-order valence-corrected chi connectivity index (χ2v) is 8.31. The first kappa shape index (κ1) is 21.8. The normalized spacial score (nSPS) is 20.8. The third-order valence-electron chi connectivity index (χ3n) is 6.16. The van der Waals surface area contributed by atoms with Gasteiger partial charge in [0.1, 0.15) is 6.54 Å². The molecule has 8 nitrogen and oxygen atoms in total. The van der Waals surface area contributed by atoms with Crippen molar-refractivity contribution in [3.8, 4) is 0 Å². The fraction of sp³-hybridized carbons (Fsp3) is 0.762. The van der Waals surface area contributed by atoms with E-state index in [-0.39, 0.29) is 18.4 Å². The molecule has 1 atom stereocenters. The number of piperidine rings is 1. The largest absolute Gasteiger partial charge is 0.381 e. The number of carbonyl (C=O) groups is 2. The molecule has 0 aliphatic carbocycles. The molecule has 2 aliphatic rings. The molecular formula is C21H35N5O3. The van der Waals surface area contributed by atoms with Crippen molar-refractivity contribution >= 4 is 11.8 Å². The van der Waals surface area contributed by atoms with Crippen LogP contribution in [0.5, 0.6) is 0 Å². The zero-order valence-corrected chi connectivity index (χ0v) is 18.0. The second kappa shape index (κ2) is 10.2. The maximum Gasteiger partial charge on any atom is 0.244 e. The van der Waals surface area contributed by atoms with Crippen LogP contribution < -0.4 is 0 Å². The standard InChI is InChI=1S/C21H35N5O3/c1-17-6-10-25(22-17)16-21(28)23(3)11-12-26(19-7-13-29-14-8-19)20-5-4-9-24(15-20)18(2)27/h6,10,19-20H,4-5,7-9,11-16H2,1-3H3. The molecule has 1 aromatic rings. The minimum Gasteiger partial charge on any atom is -0.381 e. The highest BCUT2D eigenvalue weighted by Crippen LogP contribution is 2.23. The van der Waals surface area contributed by atoms with Gasteiger partial charge in [0.05, 0.1) is 5.69 Å². The van der Waals surface area contributed by atoms with Gasteiger partial charge in [0.25, 0.3) is 0 Å². The summed E-state index contributed by atoms with van der Waals surface area (Å²) in [7, 11) is 1.86. The smallest absolute Gasteiger partial charge is 0.244 e. The van der Waals surface area contributed by atoms with Gasteiger partial charge in [0.2, 0.25) is 11.8 Å². The predicted octanol–water partition coefficient (Wildman–Crippen LogP) is 1.14. The van der Waals surface area contributed by atoms with Crippen LogP contribution >= 0.6 is 0 Å². The van der Waals surface area contributed by atoms with Crippen LogP contribution in [0.2, 0.25) is 0 Å². The first-order chi connectivity index (χ1) is 13.9. The van der Waals surface area contributed by atoms with Gasteiger partial charge in [-0.1, -0.05) is 0 Å². The quantitative estimate of drug-likeness (QED) is 0.680. The van der Waals surface area contributed by atoms with E-state index in [0.29, 0.717) is 18.6 Å². The maximum atomic E-state index is 12.6. The number of hydrogen-bond acceptors (Lipinski definition) is 5. The SMILES string of the molecule is CC(=O)N1CCCC(N(CCN(C)C(=O)Cn2ccc(C)n2)C2CCOCC2)C1. The lowest BCUT2D eigenvalue weighted by molar-refractivity contribution is -0.131. The van der Waals surface area contributed by atoms with Gasteiger partial charge >= 0.3 is 0 Å². The van der Waals surface area contributed by atoms with Gasteiger partial charge in [-0.15, -0.1) is 0 Å². The third kappa shape index (κ3) is 6.02. The van der Waals surface area contributed by atoms with Crippen molar-refractivity contribution in [2.75, 3.05) is 46.4 Å². The van der Waals surface area contributed by atoms with E-state index in [4.69, 9.17) is 4.74 Å². The van der Waals surface area contributed by atoms with Gasteiger partial charge in [-0.05, 0) is 38.7 Å². The molecule has 1 aromatic heterocycles. The third-order valence-corrected chi connectivity index (χ3v) is 6.16. The topological polar surface area (TPSA) is 70.9 Å². The van der Waals surface area contributed by atoms with E-state index in [1.807, 2.05) is 31.1 Å². The van der Waals surface area contributed by atoms with Crippen LogP contribution in [0.3, 0.4) is 0 Å². The van der Waals surface area contributed by atoms with Crippen molar-refractivity contribution in [3.63, 3.8) is 0 Å². The maximum absolute atomic E-state index is 12.6. The van der Waals surface area contributed by atoms with Crippen molar-refractivity contribution in [1.29, 1.82) is 0 Å². The number of ether oxygens (including phenoxy) is 1. The van der Waals surface area contributed by atoms with Crippen LogP contribution in [0.4, 0.5) is 0 Å². The molecule has 29 heavy (non-hydrogen) atoms. The Kier molecular flexibility index (Phi) is 7.66. The molecule has 0 spiro atoms. The first-order valence-corrected chi connectivity index (χ1v) is 10.8. The van der Waals surface area contributed by atoms with E-state index in [9.17, 15) is 9.59 Å². The second-order valence-electron chi connectivity index (χ2n) is 8.31. The predicted molar refractivity (Wildman–Crippen MR) is 110 cm³/mol. The summed E-state index contributed by atoms with van der Waals surface area (Å²) in [6.45, 7) is 8.56. The van der Waals surface area contributed by atoms with Crippen molar-refractivity contribution in [2.45, 2.75) is 58.2 Å². The number of likely N-dealkylation sites (N-methyl/N-ethyl adjacent to an activating group) is 1. The van der Waals surface area contributed by atoms with Gasteiger partial charge in [0.15, 0.2) is 0 Å². The van der Waals surface area contributed by atoms with Gasteiger partial charge in [0, 0.05) is 71.6 Å². The average Bonchev–Trinajstić information content (AvgIpc) is 3.13. The number of likely N-dealkylation sites (tertiary alicyclic amines) is 1. The molecule has 2 aliphatic heterocycles.